The molecule has 0 saturated carbocycles. The van der Waals surface area contributed by atoms with Crippen LogP contribution in [-0.4, -0.2) is 28.6 Å². The third kappa shape index (κ3) is 4.09. The summed E-state index contributed by atoms with van der Waals surface area (Å²) in [6.07, 6.45) is 2.51. The molecule has 0 amide bonds. The van der Waals surface area contributed by atoms with Crippen LogP contribution >= 0.6 is 23.2 Å². The Balaban J connectivity index is 2.21. The molecule has 1 heterocycles. The minimum absolute atomic E-state index is 0.0934. The van der Waals surface area contributed by atoms with E-state index in [1.807, 2.05) is 4.57 Å². The number of hydrogen-bond acceptors (Lipinski definition) is 2. The summed E-state index contributed by atoms with van der Waals surface area (Å²) in [6.45, 7) is 4.26. The number of alkyl halides is 1. The van der Waals surface area contributed by atoms with Crippen molar-refractivity contribution >= 4 is 34.2 Å². The van der Waals surface area contributed by atoms with E-state index in [1.54, 1.807) is 6.07 Å². The third-order valence-electron chi connectivity index (χ3n) is 3.21. The number of hydrogen-bond donors (Lipinski definition) is 0. The predicted octanol–water partition coefficient (Wildman–Crippen LogP) is 4.43. The molecule has 6 heteroatoms. The summed E-state index contributed by atoms with van der Waals surface area (Å²) >= 11 is 11.6. The second kappa shape index (κ2) is 7.97. The first-order chi connectivity index (χ1) is 10.2. The molecule has 0 atom stereocenters. The van der Waals surface area contributed by atoms with Crippen molar-refractivity contribution in [1.82, 2.24) is 9.55 Å². The van der Waals surface area contributed by atoms with Gasteiger partial charge >= 0.3 is 0 Å². The number of rotatable bonds is 8. The fraction of sp³-hybridized carbons (Fsp3) is 0.533. The van der Waals surface area contributed by atoms with Crippen LogP contribution in [0.3, 0.4) is 0 Å². The summed E-state index contributed by atoms with van der Waals surface area (Å²) in [4.78, 5) is 4.51. The van der Waals surface area contributed by atoms with E-state index in [0.29, 0.717) is 24.4 Å². The molecule has 0 aliphatic heterocycles. The van der Waals surface area contributed by atoms with Gasteiger partial charge in [0, 0.05) is 38.1 Å². The number of imidazole rings is 1. The molecule has 0 radical (unpaired) electrons. The molecule has 0 aliphatic carbocycles. The predicted molar refractivity (Wildman–Crippen MR) is 84.9 cm³/mol. The zero-order chi connectivity index (χ0) is 15.2. The molecule has 0 spiro atoms. The van der Waals surface area contributed by atoms with Gasteiger partial charge in [-0.15, -0.1) is 11.6 Å². The quantitative estimate of drug-likeness (QED) is 0.528. The van der Waals surface area contributed by atoms with Gasteiger partial charge in [-0.3, -0.25) is 0 Å². The van der Waals surface area contributed by atoms with Crippen LogP contribution in [0.5, 0.6) is 0 Å². The van der Waals surface area contributed by atoms with Gasteiger partial charge in [-0.1, -0.05) is 18.5 Å². The number of ether oxygens (including phenoxy) is 1. The Labute approximate surface area is 134 Å². The summed E-state index contributed by atoms with van der Waals surface area (Å²) in [5, 5.41) is 0.0934. The highest BCUT2D eigenvalue weighted by atomic mass is 35.5. The van der Waals surface area contributed by atoms with Crippen LogP contribution in [0.2, 0.25) is 5.02 Å². The first-order valence-electron chi connectivity index (χ1n) is 7.15. The molecule has 1 aromatic heterocycles. The van der Waals surface area contributed by atoms with E-state index >= 15 is 0 Å². The molecule has 0 bridgehead atoms. The number of aryl methyl sites for hydroxylation is 2. The van der Waals surface area contributed by atoms with Gasteiger partial charge < -0.3 is 9.30 Å². The summed E-state index contributed by atoms with van der Waals surface area (Å²) in [7, 11) is 0. The van der Waals surface area contributed by atoms with Crippen LogP contribution in [0.15, 0.2) is 12.1 Å². The minimum Gasteiger partial charge on any atom is -0.381 e. The maximum atomic E-state index is 13.7. The highest BCUT2D eigenvalue weighted by molar-refractivity contribution is 6.31. The lowest BCUT2D eigenvalue weighted by molar-refractivity contribution is 0.129. The van der Waals surface area contributed by atoms with E-state index in [1.165, 1.54) is 6.07 Å². The highest BCUT2D eigenvalue weighted by Gasteiger charge is 2.13. The molecule has 0 aliphatic rings. The van der Waals surface area contributed by atoms with Crippen molar-refractivity contribution in [3.63, 3.8) is 0 Å². The van der Waals surface area contributed by atoms with E-state index in [4.69, 9.17) is 27.9 Å². The van der Waals surface area contributed by atoms with Gasteiger partial charge in [0.25, 0.3) is 0 Å². The molecule has 21 heavy (non-hydrogen) atoms. The van der Waals surface area contributed by atoms with Crippen molar-refractivity contribution in [3.05, 3.63) is 28.8 Å². The summed E-state index contributed by atoms with van der Waals surface area (Å²) in [5.41, 5.74) is 1.46. The summed E-state index contributed by atoms with van der Waals surface area (Å²) < 4.78 is 21.2. The maximum Gasteiger partial charge on any atom is 0.144 e. The number of fused-ring (bicyclic) bond motifs is 1. The topological polar surface area (TPSA) is 27.1 Å². The lowest BCUT2D eigenvalue weighted by Crippen LogP contribution is -2.07. The molecule has 2 rings (SSSR count). The highest BCUT2D eigenvalue weighted by Crippen LogP contribution is 2.24. The monoisotopic (exact) mass is 332 g/mol. The minimum atomic E-state index is -0.426. The van der Waals surface area contributed by atoms with Crippen LogP contribution in [0.1, 0.15) is 25.6 Å². The number of halogens is 3. The molecule has 116 valence electrons. The Hall–Kier alpha value is -0.840. The number of nitrogens with zero attached hydrogens (tertiary/aromatic N) is 2. The normalized spacial score (nSPS) is 11.4. The Morgan fingerprint density at radius 2 is 2.14 bits per heavy atom. The van der Waals surface area contributed by atoms with Gasteiger partial charge in [0.15, 0.2) is 0 Å². The van der Waals surface area contributed by atoms with Gasteiger partial charge in [-0.2, -0.15) is 0 Å². The molecule has 3 nitrogen and oxygen atoms in total. The van der Waals surface area contributed by atoms with Crippen LogP contribution in [0, 0.1) is 5.82 Å². The zero-order valence-electron chi connectivity index (χ0n) is 12.0. The second-order valence-electron chi connectivity index (χ2n) is 4.84. The van der Waals surface area contributed by atoms with Crippen molar-refractivity contribution in [3.8, 4) is 0 Å². The van der Waals surface area contributed by atoms with Crippen molar-refractivity contribution in [2.75, 3.05) is 19.1 Å². The first-order valence-corrected chi connectivity index (χ1v) is 8.06. The van der Waals surface area contributed by atoms with E-state index in [2.05, 4.69) is 11.9 Å². The summed E-state index contributed by atoms with van der Waals surface area (Å²) in [5.74, 6) is 0.911. The van der Waals surface area contributed by atoms with Gasteiger partial charge in [0.05, 0.1) is 16.1 Å². The van der Waals surface area contributed by atoms with Crippen molar-refractivity contribution < 1.29 is 9.13 Å². The van der Waals surface area contributed by atoms with Gasteiger partial charge in [0.1, 0.15) is 11.6 Å². The van der Waals surface area contributed by atoms with E-state index < -0.39 is 5.82 Å². The van der Waals surface area contributed by atoms with E-state index in [9.17, 15) is 4.39 Å². The smallest absolute Gasteiger partial charge is 0.144 e. The Morgan fingerprint density at radius 1 is 1.33 bits per heavy atom. The molecule has 0 fully saturated rings. The van der Waals surface area contributed by atoms with Gasteiger partial charge in [-0.05, 0) is 18.9 Å². The largest absolute Gasteiger partial charge is 0.381 e. The molecular weight excluding hydrogens is 314 g/mol. The van der Waals surface area contributed by atoms with Crippen LogP contribution < -0.4 is 0 Å². The van der Waals surface area contributed by atoms with Crippen molar-refractivity contribution in [2.45, 2.75) is 32.7 Å². The lowest BCUT2D eigenvalue weighted by atomic mass is 10.3. The number of benzene rings is 1. The number of aromatic nitrogens is 2. The fourth-order valence-electron chi connectivity index (χ4n) is 2.27. The van der Waals surface area contributed by atoms with Crippen LogP contribution in [-0.2, 0) is 17.7 Å². The standard InChI is InChI=1S/C15H19Cl2FN2O/c1-2-7-21-8-3-6-20-14-10-12(18)11(17)9-13(14)19-15(20)4-5-16/h9-10H,2-8H2,1H3. The SMILES string of the molecule is CCCOCCCn1c(CCCl)nc2cc(Cl)c(F)cc21. The fourth-order valence-corrected chi connectivity index (χ4v) is 2.59. The Morgan fingerprint density at radius 3 is 2.86 bits per heavy atom. The average molecular weight is 333 g/mol. The van der Waals surface area contributed by atoms with Crippen molar-refractivity contribution in [1.29, 1.82) is 0 Å². The second-order valence-corrected chi connectivity index (χ2v) is 5.62. The molecule has 0 N–H and O–H groups in total. The molecular formula is C15H19Cl2FN2O. The summed E-state index contributed by atoms with van der Waals surface area (Å²) in [6, 6.07) is 3.00. The molecule has 2 aromatic rings. The first kappa shape index (κ1) is 16.5. The van der Waals surface area contributed by atoms with Crippen LogP contribution in [0.25, 0.3) is 11.0 Å². The van der Waals surface area contributed by atoms with E-state index in [0.717, 1.165) is 37.3 Å². The zero-order valence-corrected chi connectivity index (χ0v) is 13.6. The average Bonchev–Trinajstić information content (AvgIpc) is 2.77. The van der Waals surface area contributed by atoms with E-state index in [-0.39, 0.29) is 5.02 Å². The third-order valence-corrected chi connectivity index (χ3v) is 3.68. The van der Waals surface area contributed by atoms with Gasteiger partial charge in [0.2, 0.25) is 0 Å². The Bertz CT molecular complexity index is 601. The molecule has 1 aromatic carbocycles. The van der Waals surface area contributed by atoms with Gasteiger partial charge in [-0.25, -0.2) is 9.37 Å². The maximum absolute atomic E-state index is 13.7. The van der Waals surface area contributed by atoms with Crippen molar-refractivity contribution in [2.24, 2.45) is 0 Å². The Kier molecular flexibility index (Phi) is 6.27. The molecule has 0 unspecified atom stereocenters. The lowest BCUT2D eigenvalue weighted by Gasteiger charge is -2.09. The molecule has 0 saturated heterocycles. The van der Waals surface area contributed by atoms with Crippen LogP contribution in [0.4, 0.5) is 4.39 Å².